The van der Waals surface area contributed by atoms with Crippen molar-refractivity contribution in [2.75, 3.05) is 19.7 Å². The molecule has 0 spiro atoms. The van der Waals surface area contributed by atoms with Crippen molar-refractivity contribution in [3.8, 4) is 6.07 Å². The number of ether oxygens (including phenoxy) is 1. The fourth-order valence-electron chi connectivity index (χ4n) is 1.63. The first-order valence-electron chi connectivity index (χ1n) is 5.81. The largest absolute Gasteiger partial charge is 0.481 e. The second-order valence-electron chi connectivity index (χ2n) is 4.22. The van der Waals surface area contributed by atoms with Crippen LogP contribution in [0.15, 0.2) is 0 Å². The molecule has 1 aliphatic rings. The van der Waals surface area contributed by atoms with Crippen LogP contribution in [0.5, 0.6) is 0 Å². The number of morpholine rings is 1. The van der Waals surface area contributed by atoms with Crippen LogP contribution in [0.3, 0.4) is 0 Å². The molecule has 0 aromatic carbocycles. The summed E-state index contributed by atoms with van der Waals surface area (Å²) in [6.45, 7) is 2.78. The highest BCUT2D eigenvalue weighted by molar-refractivity contribution is 5.74. The van der Waals surface area contributed by atoms with Crippen LogP contribution in [0.25, 0.3) is 0 Å². The van der Waals surface area contributed by atoms with Crippen molar-refractivity contribution in [1.29, 1.82) is 5.26 Å². The predicted molar refractivity (Wildman–Crippen MR) is 61.8 cm³/mol. The van der Waals surface area contributed by atoms with Crippen LogP contribution in [0.1, 0.15) is 19.8 Å². The summed E-state index contributed by atoms with van der Waals surface area (Å²) in [7, 11) is 0. The smallest absolute Gasteiger partial charge is 0.317 e. The molecule has 1 saturated heterocycles. The summed E-state index contributed by atoms with van der Waals surface area (Å²) in [5, 5.41) is 20.0. The highest BCUT2D eigenvalue weighted by Gasteiger charge is 2.24. The zero-order chi connectivity index (χ0) is 13.5. The molecule has 1 heterocycles. The SMILES string of the molecule is CC(CCC(=O)O)NC(=O)N1CCOC(C#N)C1. The van der Waals surface area contributed by atoms with Gasteiger partial charge >= 0.3 is 12.0 Å². The number of carboxylic acids is 1. The molecule has 18 heavy (non-hydrogen) atoms. The van der Waals surface area contributed by atoms with Gasteiger partial charge in [-0.2, -0.15) is 5.26 Å². The number of carboxylic acid groups (broad SMARTS) is 1. The zero-order valence-corrected chi connectivity index (χ0v) is 10.3. The molecular weight excluding hydrogens is 238 g/mol. The summed E-state index contributed by atoms with van der Waals surface area (Å²) >= 11 is 0. The molecule has 7 heteroatoms. The van der Waals surface area contributed by atoms with Gasteiger partial charge in [0.1, 0.15) is 0 Å². The summed E-state index contributed by atoms with van der Waals surface area (Å²) in [4.78, 5) is 23.7. The normalized spacial score (nSPS) is 20.9. The van der Waals surface area contributed by atoms with Crippen molar-refractivity contribution in [3.63, 3.8) is 0 Å². The Bertz CT molecular complexity index is 353. The Labute approximate surface area is 105 Å². The van der Waals surface area contributed by atoms with Crippen molar-refractivity contribution in [2.45, 2.75) is 31.9 Å². The van der Waals surface area contributed by atoms with Gasteiger partial charge in [-0.15, -0.1) is 0 Å². The summed E-state index contributed by atoms with van der Waals surface area (Å²) in [6, 6.07) is 1.47. The zero-order valence-electron chi connectivity index (χ0n) is 10.3. The van der Waals surface area contributed by atoms with E-state index < -0.39 is 12.1 Å². The van der Waals surface area contributed by atoms with Gasteiger partial charge in [0.05, 0.1) is 19.2 Å². The highest BCUT2D eigenvalue weighted by Crippen LogP contribution is 2.05. The van der Waals surface area contributed by atoms with E-state index in [1.165, 1.54) is 4.90 Å². The Kier molecular flexibility index (Phi) is 5.39. The molecule has 0 aromatic heterocycles. The molecule has 1 aliphatic heterocycles. The molecule has 7 nitrogen and oxygen atoms in total. The van der Waals surface area contributed by atoms with Crippen LogP contribution in [-0.2, 0) is 9.53 Å². The van der Waals surface area contributed by atoms with Crippen LogP contribution in [0.2, 0.25) is 0 Å². The molecule has 1 rings (SSSR count). The van der Waals surface area contributed by atoms with Crippen molar-refractivity contribution in [1.82, 2.24) is 10.2 Å². The van der Waals surface area contributed by atoms with E-state index >= 15 is 0 Å². The number of nitrogens with zero attached hydrogens (tertiary/aromatic N) is 2. The van der Waals surface area contributed by atoms with E-state index in [1.807, 2.05) is 6.07 Å². The quantitative estimate of drug-likeness (QED) is 0.745. The van der Waals surface area contributed by atoms with E-state index in [1.54, 1.807) is 6.92 Å². The molecule has 0 aromatic rings. The number of aliphatic carboxylic acids is 1. The van der Waals surface area contributed by atoms with Gasteiger partial charge in [-0.25, -0.2) is 4.79 Å². The summed E-state index contributed by atoms with van der Waals surface area (Å²) in [5.41, 5.74) is 0. The van der Waals surface area contributed by atoms with E-state index in [4.69, 9.17) is 15.1 Å². The maximum atomic E-state index is 11.8. The van der Waals surface area contributed by atoms with E-state index in [0.29, 0.717) is 19.6 Å². The minimum Gasteiger partial charge on any atom is -0.481 e. The standard InChI is InChI=1S/C11H17N3O4/c1-8(2-3-10(15)16)13-11(17)14-4-5-18-9(6-12)7-14/h8-9H,2-5,7H2,1H3,(H,13,17)(H,15,16). The van der Waals surface area contributed by atoms with E-state index in [9.17, 15) is 9.59 Å². The molecule has 2 unspecified atom stereocenters. The highest BCUT2D eigenvalue weighted by atomic mass is 16.5. The molecule has 0 bridgehead atoms. The van der Waals surface area contributed by atoms with Gasteiger partial charge in [0.25, 0.3) is 0 Å². The van der Waals surface area contributed by atoms with Crippen LogP contribution >= 0.6 is 0 Å². The number of nitriles is 1. The van der Waals surface area contributed by atoms with E-state index in [2.05, 4.69) is 5.32 Å². The van der Waals surface area contributed by atoms with Crippen LogP contribution in [0, 0.1) is 11.3 Å². The summed E-state index contributed by atoms with van der Waals surface area (Å²) in [6.07, 6.45) is -0.183. The van der Waals surface area contributed by atoms with Crippen LogP contribution in [0.4, 0.5) is 4.79 Å². The molecular formula is C11H17N3O4. The fourth-order valence-corrected chi connectivity index (χ4v) is 1.63. The minimum absolute atomic E-state index is 0.0192. The average Bonchev–Trinajstić information content (AvgIpc) is 2.36. The Hall–Kier alpha value is -1.81. The molecule has 0 radical (unpaired) electrons. The number of hydrogen-bond acceptors (Lipinski definition) is 4. The van der Waals surface area contributed by atoms with Crippen molar-refractivity contribution < 1.29 is 19.4 Å². The van der Waals surface area contributed by atoms with Gasteiger partial charge in [0.2, 0.25) is 0 Å². The monoisotopic (exact) mass is 255 g/mol. The third-order valence-electron chi connectivity index (χ3n) is 2.66. The van der Waals surface area contributed by atoms with Crippen molar-refractivity contribution >= 4 is 12.0 Å². The Morgan fingerprint density at radius 2 is 2.39 bits per heavy atom. The van der Waals surface area contributed by atoms with Gasteiger partial charge in [-0.3, -0.25) is 4.79 Å². The van der Waals surface area contributed by atoms with Gasteiger partial charge in [-0.1, -0.05) is 0 Å². The number of amides is 2. The van der Waals surface area contributed by atoms with Gasteiger partial charge in [-0.05, 0) is 13.3 Å². The maximum absolute atomic E-state index is 11.8. The van der Waals surface area contributed by atoms with Gasteiger partial charge < -0.3 is 20.1 Å². The lowest BCUT2D eigenvalue weighted by atomic mass is 10.2. The first-order valence-corrected chi connectivity index (χ1v) is 5.81. The second-order valence-corrected chi connectivity index (χ2v) is 4.22. The molecule has 1 fully saturated rings. The number of urea groups is 1. The number of nitrogens with one attached hydrogen (secondary N) is 1. The van der Waals surface area contributed by atoms with Crippen molar-refractivity contribution in [2.24, 2.45) is 0 Å². The van der Waals surface area contributed by atoms with E-state index in [-0.39, 0.29) is 25.0 Å². The molecule has 0 aliphatic carbocycles. The third kappa shape index (κ3) is 4.59. The topological polar surface area (TPSA) is 103 Å². The number of hydrogen-bond donors (Lipinski definition) is 2. The number of rotatable bonds is 4. The number of carbonyl (C=O) groups is 2. The van der Waals surface area contributed by atoms with Crippen LogP contribution in [-0.4, -0.2) is 53.8 Å². The molecule has 2 atom stereocenters. The first kappa shape index (κ1) is 14.3. The Balaban J connectivity index is 2.35. The van der Waals surface area contributed by atoms with E-state index in [0.717, 1.165) is 0 Å². The minimum atomic E-state index is -0.882. The van der Waals surface area contributed by atoms with Crippen molar-refractivity contribution in [3.05, 3.63) is 0 Å². The second kappa shape index (κ2) is 6.81. The Morgan fingerprint density at radius 3 is 3.00 bits per heavy atom. The molecule has 0 saturated carbocycles. The van der Waals surface area contributed by atoms with Gasteiger partial charge in [0.15, 0.2) is 6.10 Å². The number of carbonyl (C=O) groups excluding carboxylic acids is 1. The molecule has 2 amide bonds. The fraction of sp³-hybridized carbons (Fsp3) is 0.727. The average molecular weight is 255 g/mol. The lowest BCUT2D eigenvalue weighted by Gasteiger charge is -2.30. The molecule has 100 valence electrons. The lowest BCUT2D eigenvalue weighted by molar-refractivity contribution is -0.137. The summed E-state index contributed by atoms with van der Waals surface area (Å²) in [5.74, 6) is -0.882. The summed E-state index contributed by atoms with van der Waals surface area (Å²) < 4.78 is 5.13. The van der Waals surface area contributed by atoms with Crippen LogP contribution < -0.4 is 5.32 Å². The predicted octanol–water partition coefficient (Wildman–Crippen LogP) is 0.174. The Morgan fingerprint density at radius 1 is 1.67 bits per heavy atom. The maximum Gasteiger partial charge on any atom is 0.317 e. The third-order valence-corrected chi connectivity index (χ3v) is 2.66. The molecule has 2 N–H and O–H groups in total. The lowest BCUT2D eigenvalue weighted by Crippen LogP contribution is -2.51. The first-order chi connectivity index (χ1) is 8.52. The van der Waals surface area contributed by atoms with Gasteiger partial charge in [0, 0.05) is 19.0 Å².